The van der Waals surface area contributed by atoms with Gasteiger partial charge < -0.3 is 10.3 Å². The molecule has 2 heterocycles. The predicted molar refractivity (Wildman–Crippen MR) is 55.6 cm³/mol. The average Bonchev–Trinajstić information content (AvgIpc) is 2.47. The Morgan fingerprint density at radius 2 is 2.14 bits per heavy atom. The second kappa shape index (κ2) is 3.14. The van der Waals surface area contributed by atoms with Crippen molar-refractivity contribution in [2.45, 2.75) is 6.92 Å². The van der Waals surface area contributed by atoms with E-state index < -0.39 is 0 Å². The summed E-state index contributed by atoms with van der Waals surface area (Å²) in [5.74, 6) is 0.517. The number of anilines is 1. The van der Waals surface area contributed by atoms with Gasteiger partial charge in [-0.2, -0.15) is 0 Å². The molecule has 2 aromatic rings. The van der Waals surface area contributed by atoms with Gasteiger partial charge >= 0.3 is 0 Å². The number of aromatic nitrogens is 3. The predicted octanol–water partition coefficient (Wildman–Crippen LogP) is 1.37. The molecule has 0 saturated carbocycles. The zero-order valence-electron chi connectivity index (χ0n) is 8.23. The summed E-state index contributed by atoms with van der Waals surface area (Å²) in [6, 6.07) is 5.74. The van der Waals surface area contributed by atoms with Crippen molar-refractivity contribution in [2.24, 2.45) is 7.05 Å². The van der Waals surface area contributed by atoms with Gasteiger partial charge in [-0.3, -0.25) is 4.98 Å². The topological polar surface area (TPSA) is 56.7 Å². The molecule has 4 nitrogen and oxygen atoms in total. The van der Waals surface area contributed by atoms with Crippen molar-refractivity contribution in [3.8, 4) is 11.4 Å². The molecular formula is C10H12N4. The summed E-state index contributed by atoms with van der Waals surface area (Å²) in [6.45, 7) is 1.98. The van der Waals surface area contributed by atoms with Crippen LogP contribution >= 0.6 is 0 Å². The Kier molecular flexibility index (Phi) is 1.96. The fraction of sp³-hybridized carbons (Fsp3) is 0.200. The van der Waals surface area contributed by atoms with E-state index in [1.165, 1.54) is 0 Å². The number of nitrogen functional groups attached to an aromatic ring is 1. The third-order valence-corrected chi connectivity index (χ3v) is 2.32. The Hall–Kier alpha value is -1.84. The van der Waals surface area contributed by atoms with Crippen molar-refractivity contribution >= 4 is 5.95 Å². The highest BCUT2D eigenvalue weighted by atomic mass is 15.1. The van der Waals surface area contributed by atoms with Gasteiger partial charge in [0.15, 0.2) is 0 Å². The Morgan fingerprint density at radius 3 is 2.64 bits per heavy atom. The van der Waals surface area contributed by atoms with E-state index in [-0.39, 0.29) is 0 Å². The van der Waals surface area contributed by atoms with Crippen LogP contribution in [0.2, 0.25) is 0 Å². The lowest BCUT2D eigenvalue weighted by Gasteiger charge is -1.98. The van der Waals surface area contributed by atoms with E-state index in [9.17, 15) is 0 Å². The zero-order valence-corrected chi connectivity index (χ0v) is 8.23. The first kappa shape index (κ1) is 8.74. The second-order valence-electron chi connectivity index (χ2n) is 3.18. The zero-order chi connectivity index (χ0) is 10.1. The summed E-state index contributed by atoms with van der Waals surface area (Å²) in [6.07, 6.45) is 1.75. The van der Waals surface area contributed by atoms with E-state index in [2.05, 4.69) is 9.97 Å². The van der Waals surface area contributed by atoms with E-state index in [4.69, 9.17) is 5.73 Å². The summed E-state index contributed by atoms with van der Waals surface area (Å²) >= 11 is 0. The van der Waals surface area contributed by atoms with Crippen molar-refractivity contribution in [3.63, 3.8) is 0 Å². The Bertz CT molecular complexity index is 445. The molecule has 0 bridgehead atoms. The number of nitrogens with two attached hydrogens (primary N) is 1. The summed E-state index contributed by atoms with van der Waals surface area (Å²) in [7, 11) is 1.89. The van der Waals surface area contributed by atoms with Crippen LogP contribution in [0.3, 0.4) is 0 Å². The molecule has 72 valence electrons. The molecule has 0 atom stereocenters. The molecule has 0 aliphatic heterocycles. The molecule has 0 amide bonds. The normalized spacial score (nSPS) is 10.4. The Morgan fingerprint density at radius 1 is 1.36 bits per heavy atom. The van der Waals surface area contributed by atoms with Crippen LogP contribution in [-0.2, 0) is 7.05 Å². The summed E-state index contributed by atoms with van der Waals surface area (Å²) < 4.78 is 1.85. The van der Waals surface area contributed by atoms with Gasteiger partial charge in [-0.15, -0.1) is 0 Å². The van der Waals surface area contributed by atoms with Crippen LogP contribution in [0.4, 0.5) is 5.95 Å². The molecule has 2 rings (SSSR count). The van der Waals surface area contributed by atoms with Crippen LogP contribution in [0.15, 0.2) is 24.4 Å². The van der Waals surface area contributed by atoms with Gasteiger partial charge in [0.25, 0.3) is 0 Å². The maximum atomic E-state index is 5.70. The maximum Gasteiger partial charge on any atom is 0.200 e. The Labute approximate surface area is 82.4 Å². The third kappa shape index (κ3) is 1.25. The third-order valence-electron chi connectivity index (χ3n) is 2.32. The second-order valence-corrected chi connectivity index (χ2v) is 3.18. The summed E-state index contributed by atoms with van der Waals surface area (Å²) in [4.78, 5) is 8.49. The molecule has 0 radical (unpaired) electrons. The van der Waals surface area contributed by atoms with Crippen LogP contribution in [0.1, 0.15) is 5.69 Å². The molecule has 0 unspecified atom stereocenters. The molecule has 0 spiro atoms. The minimum Gasteiger partial charge on any atom is -0.369 e. The largest absolute Gasteiger partial charge is 0.369 e. The van der Waals surface area contributed by atoms with Crippen molar-refractivity contribution in [3.05, 3.63) is 30.1 Å². The minimum absolute atomic E-state index is 0.517. The minimum atomic E-state index is 0.517. The number of nitrogens with zero attached hydrogens (tertiary/aromatic N) is 3. The van der Waals surface area contributed by atoms with Crippen molar-refractivity contribution < 1.29 is 0 Å². The van der Waals surface area contributed by atoms with Crippen LogP contribution in [0.5, 0.6) is 0 Å². The molecule has 0 aliphatic carbocycles. The first-order valence-corrected chi connectivity index (χ1v) is 4.40. The highest BCUT2D eigenvalue weighted by Gasteiger charge is 2.10. The number of pyridine rings is 1. The summed E-state index contributed by atoms with van der Waals surface area (Å²) in [5.41, 5.74) is 8.44. The fourth-order valence-electron chi connectivity index (χ4n) is 1.35. The van der Waals surface area contributed by atoms with E-state index in [0.29, 0.717) is 5.95 Å². The fourth-order valence-corrected chi connectivity index (χ4v) is 1.35. The molecule has 2 aromatic heterocycles. The van der Waals surface area contributed by atoms with Crippen molar-refractivity contribution in [1.82, 2.24) is 14.5 Å². The number of hydrogen-bond acceptors (Lipinski definition) is 3. The Balaban J connectivity index is 2.58. The van der Waals surface area contributed by atoms with Gasteiger partial charge in [0.05, 0.1) is 5.69 Å². The molecular weight excluding hydrogens is 176 g/mol. The number of rotatable bonds is 1. The quantitative estimate of drug-likeness (QED) is 0.735. The van der Waals surface area contributed by atoms with Crippen LogP contribution in [0, 0.1) is 6.92 Å². The SMILES string of the molecule is Cc1c(-c2ccccn2)nc(N)n1C. The van der Waals surface area contributed by atoms with Gasteiger partial charge in [-0.25, -0.2) is 4.98 Å². The first-order valence-electron chi connectivity index (χ1n) is 4.40. The number of hydrogen-bond donors (Lipinski definition) is 1. The lowest BCUT2D eigenvalue weighted by atomic mass is 10.2. The van der Waals surface area contributed by atoms with Crippen molar-refractivity contribution in [1.29, 1.82) is 0 Å². The average molecular weight is 188 g/mol. The smallest absolute Gasteiger partial charge is 0.200 e. The van der Waals surface area contributed by atoms with Gasteiger partial charge in [0, 0.05) is 18.9 Å². The highest BCUT2D eigenvalue weighted by Crippen LogP contribution is 2.21. The molecule has 14 heavy (non-hydrogen) atoms. The van der Waals surface area contributed by atoms with Crippen molar-refractivity contribution in [2.75, 3.05) is 5.73 Å². The van der Waals surface area contributed by atoms with Crippen LogP contribution in [-0.4, -0.2) is 14.5 Å². The monoisotopic (exact) mass is 188 g/mol. The maximum absolute atomic E-state index is 5.70. The lowest BCUT2D eigenvalue weighted by Crippen LogP contribution is -1.97. The number of imidazole rings is 1. The van der Waals surface area contributed by atoms with E-state index in [0.717, 1.165) is 17.1 Å². The van der Waals surface area contributed by atoms with Gasteiger partial charge in [0.2, 0.25) is 5.95 Å². The van der Waals surface area contributed by atoms with E-state index in [1.54, 1.807) is 6.20 Å². The molecule has 0 saturated heterocycles. The standard InChI is InChI=1S/C10H12N4/c1-7-9(13-10(11)14(7)2)8-5-3-4-6-12-8/h3-6H,1-2H3,(H2,11,13). The van der Waals surface area contributed by atoms with Gasteiger partial charge in [0.1, 0.15) is 5.69 Å². The summed E-state index contributed by atoms with van der Waals surface area (Å²) in [5, 5.41) is 0. The van der Waals surface area contributed by atoms with Gasteiger partial charge in [-0.1, -0.05) is 6.07 Å². The molecule has 0 aliphatic rings. The van der Waals surface area contributed by atoms with Crippen LogP contribution < -0.4 is 5.73 Å². The molecule has 0 fully saturated rings. The highest BCUT2D eigenvalue weighted by molar-refractivity contribution is 5.59. The van der Waals surface area contributed by atoms with E-state index in [1.807, 2.05) is 36.7 Å². The molecule has 2 N–H and O–H groups in total. The lowest BCUT2D eigenvalue weighted by molar-refractivity contribution is 0.889. The van der Waals surface area contributed by atoms with Gasteiger partial charge in [-0.05, 0) is 19.1 Å². The molecule has 0 aromatic carbocycles. The van der Waals surface area contributed by atoms with E-state index >= 15 is 0 Å². The van der Waals surface area contributed by atoms with Crippen LogP contribution in [0.25, 0.3) is 11.4 Å². The molecule has 4 heteroatoms. The first-order chi connectivity index (χ1) is 6.70.